The van der Waals surface area contributed by atoms with Crippen LogP contribution in [0.15, 0.2) is 48.5 Å². The van der Waals surface area contributed by atoms with Gasteiger partial charge in [0.25, 0.3) is 0 Å². The van der Waals surface area contributed by atoms with Gasteiger partial charge in [0.15, 0.2) is 11.5 Å². The zero-order chi connectivity index (χ0) is 16.4. The molecule has 0 amide bonds. The summed E-state index contributed by atoms with van der Waals surface area (Å²) in [7, 11) is 1.66. The first-order valence-electron chi connectivity index (χ1n) is 7.97. The third-order valence-corrected chi connectivity index (χ3v) is 4.10. The molecule has 0 aliphatic carbocycles. The molecule has 0 N–H and O–H groups in total. The van der Waals surface area contributed by atoms with Gasteiger partial charge in [0.05, 0.1) is 18.3 Å². The predicted molar refractivity (Wildman–Crippen MR) is 94.4 cm³/mol. The summed E-state index contributed by atoms with van der Waals surface area (Å²) in [5.41, 5.74) is 3.76. The molecular formula is C20H23NO2. The first-order chi connectivity index (χ1) is 11.1. The molecule has 0 radical (unpaired) electrons. The maximum absolute atomic E-state index is 6.03. The lowest BCUT2D eigenvalue weighted by Crippen LogP contribution is -2.09. The van der Waals surface area contributed by atoms with Crippen molar-refractivity contribution in [3.8, 4) is 11.5 Å². The van der Waals surface area contributed by atoms with Crippen LogP contribution in [0.25, 0.3) is 10.9 Å². The van der Waals surface area contributed by atoms with Gasteiger partial charge in [-0.3, -0.25) is 0 Å². The topological polar surface area (TPSA) is 23.4 Å². The van der Waals surface area contributed by atoms with Crippen molar-refractivity contribution in [2.75, 3.05) is 7.11 Å². The lowest BCUT2D eigenvalue weighted by molar-refractivity contribution is 0.274. The molecule has 1 heterocycles. The van der Waals surface area contributed by atoms with E-state index < -0.39 is 0 Å². The second-order valence-electron chi connectivity index (χ2n) is 6.05. The number of rotatable bonds is 5. The van der Waals surface area contributed by atoms with Crippen LogP contribution in [0.1, 0.15) is 31.1 Å². The Bertz CT molecular complexity index is 818. The maximum Gasteiger partial charge on any atom is 0.161 e. The summed E-state index contributed by atoms with van der Waals surface area (Å²) in [4.78, 5) is 0. The zero-order valence-electron chi connectivity index (χ0n) is 14.2. The molecule has 0 saturated heterocycles. The van der Waals surface area contributed by atoms with Gasteiger partial charge in [-0.1, -0.05) is 30.3 Å². The predicted octanol–water partition coefficient (Wildman–Crippen LogP) is 5.12. The Labute approximate surface area is 137 Å². The van der Waals surface area contributed by atoms with Crippen molar-refractivity contribution >= 4 is 10.9 Å². The van der Waals surface area contributed by atoms with Gasteiger partial charge in [-0.25, -0.2) is 0 Å². The number of fused-ring (bicyclic) bond motifs is 1. The Morgan fingerprint density at radius 3 is 2.43 bits per heavy atom. The molecule has 0 bridgehead atoms. The van der Waals surface area contributed by atoms with Crippen molar-refractivity contribution in [1.82, 2.24) is 4.57 Å². The third-order valence-electron chi connectivity index (χ3n) is 4.10. The molecule has 0 aliphatic rings. The number of hydrogen-bond acceptors (Lipinski definition) is 2. The van der Waals surface area contributed by atoms with Crippen molar-refractivity contribution in [1.29, 1.82) is 0 Å². The average Bonchev–Trinajstić information content (AvgIpc) is 2.93. The van der Waals surface area contributed by atoms with Gasteiger partial charge in [0.2, 0.25) is 0 Å². The second-order valence-corrected chi connectivity index (χ2v) is 6.05. The number of ether oxygens (including phenoxy) is 2. The van der Waals surface area contributed by atoms with Gasteiger partial charge in [0, 0.05) is 11.4 Å². The number of aromatic nitrogens is 1. The number of nitrogens with zero attached hydrogens (tertiary/aromatic N) is 1. The summed E-state index contributed by atoms with van der Waals surface area (Å²) in [5, 5.41) is 1.26. The first-order valence-corrected chi connectivity index (χ1v) is 7.97. The van der Waals surface area contributed by atoms with Gasteiger partial charge in [-0.05, 0) is 44.5 Å². The Hall–Kier alpha value is -2.42. The summed E-state index contributed by atoms with van der Waals surface area (Å²) in [6, 6.07) is 16.8. The van der Waals surface area contributed by atoms with Crippen LogP contribution in [0, 0.1) is 6.92 Å². The van der Waals surface area contributed by atoms with E-state index in [-0.39, 0.29) is 0 Å². The van der Waals surface area contributed by atoms with Crippen LogP contribution in [-0.4, -0.2) is 11.7 Å². The highest BCUT2D eigenvalue weighted by Crippen LogP contribution is 2.30. The van der Waals surface area contributed by atoms with E-state index in [0.717, 1.165) is 11.5 Å². The molecule has 0 saturated carbocycles. The maximum atomic E-state index is 6.03. The largest absolute Gasteiger partial charge is 0.493 e. The van der Waals surface area contributed by atoms with Gasteiger partial charge in [0.1, 0.15) is 6.61 Å². The van der Waals surface area contributed by atoms with E-state index in [1.807, 2.05) is 24.3 Å². The lowest BCUT2D eigenvalue weighted by atomic mass is 10.1. The molecule has 0 spiro atoms. The van der Waals surface area contributed by atoms with Crippen molar-refractivity contribution in [3.05, 3.63) is 59.8 Å². The normalized spacial score (nSPS) is 11.2. The van der Waals surface area contributed by atoms with Crippen molar-refractivity contribution in [3.63, 3.8) is 0 Å². The van der Waals surface area contributed by atoms with Crippen LogP contribution in [0.5, 0.6) is 11.5 Å². The summed E-state index contributed by atoms with van der Waals surface area (Å²) in [6.07, 6.45) is 0. The van der Waals surface area contributed by atoms with E-state index >= 15 is 0 Å². The van der Waals surface area contributed by atoms with Crippen LogP contribution in [0.3, 0.4) is 0 Å². The molecule has 0 atom stereocenters. The third kappa shape index (κ3) is 2.91. The summed E-state index contributed by atoms with van der Waals surface area (Å²) in [5.74, 6) is 1.53. The van der Waals surface area contributed by atoms with E-state index in [9.17, 15) is 0 Å². The molecule has 0 unspecified atom stereocenters. The Morgan fingerprint density at radius 2 is 1.74 bits per heavy atom. The van der Waals surface area contributed by atoms with Crippen LogP contribution < -0.4 is 9.47 Å². The van der Waals surface area contributed by atoms with E-state index in [2.05, 4.69) is 49.6 Å². The van der Waals surface area contributed by atoms with Gasteiger partial charge < -0.3 is 14.0 Å². The summed E-state index contributed by atoms with van der Waals surface area (Å²) >= 11 is 0. The van der Waals surface area contributed by atoms with E-state index in [4.69, 9.17) is 9.47 Å². The van der Waals surface area contributed by atoms with Gasteiger partial charge in [-0.2, -0.15) is 0 Å². The van der Waals surface area contributed by atoms with Crippen LogP contribution in [0.4, 0.5) is 0 Å². The average molecular weight is 309 g/mol. The zero-order valence-corrected chi connectivity index (χ0v) is 14.2. The monoisotopic (exact) mass is 309 g/mol. The Kier molecular flexibility index (Phi) is 4.28. The molecule has 2 aromatic carbocycles. The molecule has 120 valence electrons. The van der Waals surface area contributed by atoms with Crippen molar-refractivity contribution < 1.29 is 9.47 Å². The first kappa shape index (κ1) is 15.5. The second kappa shape index (κ2) is 6.37. The van der Waals surface area contributed by atoms with Gasteiger partial charge in [-0.15, -0.1) is 0 Å². The highest BCUT2D eigenvalue weighted by atomic mass is 16.5. The molecular weight excluding hydrogens is 286 g/mol. The molecule has 1 aromatic heterocycles. The lowest BCUT2D eigenvalue weighted by Gasteiger charge is -2.17. The molecule has 3 heteroatoms. The molecule has 3 nitrogen and oxygen atoms in total. The number of benzene rings is 2. The van der Waals surface area contributed by atoms with Crippen LogP contribution in [0.2, 0.25) is 0 Å². The van der Waals surface area contributed by atoms with E-state index in [1.165, 1.54) is 22.2 Å². The smallest absolute Gasteiger partial charge is 0.161 e. The van der Waals surface area contributed by atoms with Crippen molar-refractivity contribution in [2.24, 2.45) is 0 Å². The fourth-order valence-corrected chi connectivity index (χ4v) is 3.11. The standard InChI is InChI=1S/C20H23NO2/c1-14(2)21-17(12-16-9-7-8-15(3)20(16)21)13-23-19-11-6-5-10-18(19)22-4/h5-12,14H,13H2,1-4H3. The van der Waals surface area contributed by atoms with E-state index in [1.54, 1.807) is 7.11 Å². The number of methoxy groups -OCH3 is 1. The SMILES string of the molecule is COc1ccccc1OCc1cc2cccc(C)c2n1C(C)C. The Morgan fingerprint density at radius 1 is 1.00 bits per heavy atom. The Balaban J connectivity index is 1.97. The van der Waals surface area contributed by atoms with Crippen LogP contribution in [-0.2, 0) is 6.61 Å². The number of hydrogen-bond donors (Lipinski definition) is 0. The van der Waals surface area contributed by atoms with E-state index in [0.29, 0.717) is 12.6 Å². The minimum absolute atomic E-state index is 0.380. The fraction of sp³-hybridized carbons (Fsp3) is 0.300. The fourth-order valence-electron chi connectivity index (χ4n) is 3.11. The number of para-hydroxylation sites is 3. The highest BCUT2D eigenvalue weighted by Gasteiger charge is 2.14. The minimum atomic E-state index is 0.380. The molecule has 3 rings (SSSR count). The molecule has 3 aromatic rings. The number of aryl methyl sites for hydroxylation is 1. The summed E-state index contributed by atoms with van der Waals surface area (Å²) in [6.45, 7) is 7.09. The minimum Gasteiger partial charge on any atom is -0.493 e. The highest BCUT2D eigenvalue weighted by molar-refractivity contribution is 5.84. The quantitative estimate of drug-likeness (QED) is 0.653. The van der Waals surface area contributed by atoms with Crippen molar-refractivity contribution in [2.45, 2.75) is 33.4 Å². The summed E-state index contributed by atoms with van der Waals surface area (Å²) < 4.78 is 13.7. The van der Waals surface area contributed by atoms with Gasteiger partial charge >= 0.3 is 0 Å². The van der Waals surface area contributed by atoms with Crippen LogP contribution >= 0.6 is 0 Å². The molecule has 23 heavy (non-hydrogen) atoms. The molecule has 0 aliphatic heterocycles. The molecule has 0 fully saturated rings.